The van der Waals surface area contributed by atoms with Crippen LogP contribution >= 0.6 is 27.7 Å². The number of amidine groups is 1. The van der Waals surface area contributed by atoms with Gasteiger partial charge in [0.25, 0.3) is 0 Å². The van der Waals surface area contributed by atoms with Gasteiger partial charge >= 0.3 is 0 Å². The number of halogens is 1. The highest BCUT2D eigenvalue weighted by atomic mass is 79.9. The third-order valence-electron chi connectivity index (χ3n) is 4.12. The predicted molar refractivity (Wildman–Crippen MR) is 118 cm³/mol. The van der Waals surface area contributed by atoms with Gasteiger partial charge in [-0.1, -0.05) is 58.0 Å². The summed E-state index contributed by atoms with van der Waals surface area (Å²) in [6, 6.07) is 13.4. The highest BCUT2D eigenvalue weighted by molar-refractivity contribution is 9.10. The van der Waals surface area contributed by atoms with E-state index in [1.807, 2.05) is 56.3 Å². The standard InChI is InChI=1S/C20H19BrN4O2S/c1-12-4-3-5-13(2)18(12)23-17(26)10-16-19(27)24-20(28-16)25-22-11-14-6-8-15(21)9-7-14/h3-9,11,16H,10H2,1-2H3,(H,23,26)(H,24,25,27). The average Bonchev–Trinajstić information content (AvgIpc) is 2.99. The van der Waals surface area contributed by atoms with Crippen molar-refractivity contribution in [2.45, 2.75) is 25.5 Å². The summed E-state index contributed by atoms with van der Waals surface area (Å²) in [6.07, 6.45) is 1.67. The minimum absolute atomic E-state index is 0.0692. The van der Waals surface area contributed by atoms with Crippen molar-refractivity contribution < 1.29 is 9.59 Å². The van der Waals surface area contributed by atoms with Crippen LogP contribution in [0.15, 0.2) is 57.1 Å². The monoisotopic (exact) mass is 458 g/mol. The zero-order chi connectivity index (χ0) is 20.1. The number of nitrogens with zero attached hydrogens (tertiary/aromatic N) is 2. The molecule has 144 valence electrons. The number of carbonyl (C=O) groups excluding carboxylic acids is 2. The molecule has 2 aromatic carbocycles. The molecule has 1 atom stereocenters. The summed E-state index contributed by atoms with van der Waals surface area (Å²) < 4.78 is 0.983. The van der Waals surface area contributed by atoms with Crippen LogP contribution in [0.25, 0.3) is 0 Å². The molecule has 0 saturated carbocycles. The Bertz CT molecular complexity index is 937. The first-order chi connectivity index (χ1) is 13.4. The zero-order valence-corrected chi connectivity index (χ0v) is 17.8. The van der Waals surface area contributed by atoms with Crippen LogP contribution in [0.1, 0.15) is 23.1 Å². The first kappa shape index (κ1) is 20.3. The molecule has 1 heterocycles. The first-order valence-corrected chi connectivity index (χ1v) is 10.3. The maximum Gasteiger partial charge on any atom is 0.240 e. The smallest absolute Gasteiger partial charge is 0.240 e. The molecular formula is C20H19BrN4O2S. The van der Waals surface area contributed by atoms with Crippen molar-refractivity contribution in [3.63, 3.8) is 0 Å². The Morgan fingerprint density at radius 3 is 2.57 bits per heavy atom. The minimum Gasteiger partial charge on any atom is -0.326 e. The number of benzene rings is 2. The summed E-state index contributed by atoms with van der Waals surface area (Å²) in [5.74, 6) is -0.441. The van der Waals surface area contributed by atoms with Crippen molar-refractivity contribution in [3.8, 4) is 0 Å². The van der Waals surface area contributed by atoms with Gasteiger partial charge in [-0.05, 0) is 42.7 Å². The SMILES string of the molecule is Cc1cccc(C)c1NC(=O)CC1S/C(=N/N=Cc2ccc(Br)cc2)NC1=O. The van der Waals surface area contributed by atoms with Crippen LogP contribution in [-0.4, -0.2) is 28.4 Å². The Kier molecular flexibility index (Phi) is 6.64. The highest BCUT2D eigenvalue weighted by Gasteiger charge is 2.32. The lowest BCUT2D eigenvalue weighted by molar-refractivity contribution is -0.122. The molecule has 0 radical (unpaired) electrons. The van der Waals surface area contributed by atoms with E-state index in [9.17, 15) is 9.59 Å². The van der Waals surface area contributed by atoms with Gasteiger partial charge < -0.3 is 10.6 Å². The van der Waals surface area contributed by atoms with Crippen LogP contribution in [0.5, 0.6) is 0 Å². The number of carbonyl (C=O) groups is 2. The third-order valence-corrected chi connectivity index (χ3v) is 5.72. The van der Waals surface area contributed by atoms with E-state index in [-0.39, 0.29) is 18.2 Å². The molecule has 2 N–H and O–H groups in total. The van der Waals surface area contributed by atoms with Crippen LogP contribution in [0.3, 0.4) is 0 Å². The number of nitrogens with one attached hydrogen (secondary N) is 2. The molecule has 3 rings (SSSR count). The van der Waals surface area contributed by atoms with Crippen LogP contribution in [0.2, 0.25) is 0 Å². The Morgan fingerprint density at radius 2 is 1.89 bits per heavy atom. The van der Waals surface area contributed by atoms with E-state index >= 15 is 0 Å². The summed E-state index contributed by atoms with van der Waals surface area (Å²) in [5, 5.41) is 13.5. The van der Waals surface area contributed by atoms with E-state index < -0.39 is 5.25 Å². The molecule has 2 amide bonds. The lowest BCUT2D eigenvalue weighted by Gasteiger charge is -2.12. The second kappa shape index (κ2) is 9.16. The fourth-order valence-corrected chi connectivity index (χ4v) is 3.84. The molecule has 1 unspecified atom stereocenters. The normalized spacial score (nSPS) is 17.9. The molecule has 0 spiro atoms. The van der Waals surface area contributed by atoms with E-state index in [1.54, 1.807) is 6.21 Å². The second-order valence-corrected chi connectivity index (χ2v) is 8.42. The van der Waals surface area contributed by atoms with E-state index in [0.717, 1.165) is 26.9 Å². The Hall–Kier alpha value is -2.45. The Balaban J connectivity index is 1.58. The highest BCUT2D eigenvalue weighted by Crippen LogP contribution is 2.24. The number of hydrogen-bond acceptors (Lipinski definition) is 5. The topological polar surface area (TPSA) is 82.9 Å². The number of thioether (sulfide) groups is 1. The number of rotatable bonds is 5. The van der Waals surface area contributed by atoms with Crippen LogP contribution < -0.4 is 10.6 Å². The summed E-state index contributed by atoms with van der Waals surface area (Å²) in [6.45, 7) is 3.88. The number of para-hydroxylation sites is 1. The van der Waals surface area contributed by atoms with Crippen LogP contribution in [0, 0.1) is 13.8 Å². The second-order valence-electron chi connectivity index (χ2n) is 6.32. The molecule has 0 aromatic heterocycles. The molecule has 1 fully saturated rings. The minimum atomic E-state index is -0.522. The molecule has 28 heavy (non-hydrogen) atoms. The van der Waals surface area contributed by atoms with Crippen molar-refractivity contribution in [2.24, 2.45) is 10.2 Å². The van der Waals surface area contributed by atoms with Crippen LogP contribution in [-0.2, 0) is 9.59 Å². The molecule has 0 bridgehead atoms. The van der Waals surface area contributed by atoms with Gasteiger partial charge in [-0.25, -0.2) is 0 Å². The Labute approximate surface area is 176 Å². The molecule has 1 aliphatic rings. The molecule has 1 saturated heterocycles. The van der Waals surface area contributed by atoms with Gasteiger partial charge in [-0.2, -0.15) is 5.10 Å². The predicted octanol–water partition coefficient (Wildman–Crippen LogP) is 4.02. The summed E-state index contributed by atoms with van der Waals surface area (Å²) in [4.78, 5) is 24.5. The maximum absolute atomic E-state index is 12.4. The molecule has 2 aromatic rings. The lowest BCUT2D eigenvalue weighted by Crippen LogP contribution is -2.28. The van der Waals surface area contributed by atoms with Gasteiger partial charge in [0.15, 0.2) is 5.17 Å². The van der Waals surface area contributed by atoms with Gasteiger partial charge in [-0.3, -0.25) is 9.59 Å². The lowest BCUT2D eigenvalue weighted by atomic mass is 10.1. The van der Waals surface area contributed by atoms with E-state index in [1.165, 1.54) is 11.8 Å². The number of hydrogen-bond donors (Lipinski definition) is 2. The van der Waals surface area contributed by atoms with E-state index in [0.29, 0.717) is 5.17 Å². The number of anilines is 1. The Morgan fingerprint density at radius 1 is 1.21 bits per heavy atom. The number of aryl methyl sites for hydroxylation is 2. The molecule has 6 nitrogen and oxygen atoms in total. The van der Waals surface area contributed by atoms with Gasteiger partial charge in [0, 0.05) is 16.6 Å². The van der Waals surface area contributed by atoms with Crippen molar-refractivity contribution in [2.75, 3.05) is 5.32 Å². The van der Waals surface area contributed by atoms with Gasteiger partial charge in [0.1, 0.15) is 5.25 Å². The van der Waals surface area contributed by atoms with Crippen molar-refractivity contribution in [1.29, 1.82) is 0 Å². The van der Waals surface area contributed by atoms with E-state index in [2.05, 4.69) is 36.8 Å². The maximum atomic E-state index is 12.4. The van der Waals surface area contributed by atoms with Crippen molar-refractivity contribution in [3.05, 3.63) is 63.6 Å². The molecule has 8 heteroatoms. The third kappa shape index (κ3) is 5.30. The summed E-state index contributed by atoms with van der Waals surface area (Å²) in [5.41, 5.74) is 3.66. The fraction of sp³-hybridized carbons (Fsp3) is 0.200. The largest absolute Gasteiger partial charge is 0.326 e. The first-order valence-electron chi connectivity index (χ1n) is 8.62. The quantitative estimate of drug-likeness (QED) is 0.524. The summed E-state index contributed by atoms with van der Waals surface area (Å²) in [7, 11) is 0. The average molecular weight is 459 g/mol. The van der Waals surface area contributed by atoms with Crippen molar-refractivity contribution in [1.82, 2.24) is 5.32 Å². The summed E-state index contributed by atoms with van der Waals surface area (Å²) >= 11 is 4.58. The van der Waals surface area contributed by atoms with Gasteiger partial charge in [-0.15, -0.1) is 5.10 Å². The van der Waals surface area contributed by atoms with Gasteiger partial charge in [0.2, 0.25) is 11.8 Å². The molecular weight excluding hydrogens is 440 g/mol. The molecule has 0 aliphatic carbocycles. The molecule has 1 aliphatic heterocycles. The van der Waals surface area contributed by atoms with Crippen LogP contribution in [0.4, 0.5) is 5.69 Å². The van der Waals surface area contributed by atoms with Crippen molar-refractivity contribution >= 4 is 56.6 Å². The fourth-order valence-electron chi connectivity index (χ4n) is 2.65. The van der Waals surface area contributed by atoms with Gasteiger partial charge in [0.05, 0.1) is 6.21 Å². The zero-order valence-electron chi connectivity index (χ0n) is 15.4. The number of amides is 2. The van der Waals surface area contributed by atoms with E-state index in [4.69, 9.17) is 0 Å².